The Kier molecular flexibility index (Phi) is 4.94. The van der Waals surface area contributed by atoms with Gasteiger partial charge >= 0.3 is 0 Å². The smallest absolute Gasteiger partial charge is 0.185 e. The lowest BCUT2D eigenvalue weighted by atomic mass is 9.88. The van der Waals surface area contributed by atoms with Crippen molar-refractivity contribution in [3.8, 4) is 0 Å². The molecule has 0 unspecified atom stereocenters. The Bertz CT molecular complexity index is 677. The molecule has 21 heavy (non-hydrogen) atoms. The van der Waals surface area contributed by atoms with Crippen molar-refractivity contribution in [2.24, 2.45) is 0 Å². The molecule has 0 aliphatic heterocycles. The topological polar surface area (TPSA) is 17.1 Å². The minimum atomic E-state index is 0.204. The molecule has 0 amide bonds. The molecule has 0 radical (unpaired) electrons. The Balaban J connectivity index is 1.87. The van der Waals surface area contributed by atoms with Crippen LogP contribution in [0.1, 0.15) is 29.0 Å². The Morgan fingerprint density at radius 2 is 1.38 bits per heavy atom. The predicted octanol–water partition coefficient (Wildman–Crippen LogP) is 6.55. The number of rotatable bonds is 2. The van der Waals surface area contributed by atoms with E-state index in [1.807, 2.05) is 22.9 Å². The highest BCUT2D eigenvalue weighted by Crippen LogP contribution is 2.31. The molecule has 0 bridgehead atoms. The lowest BCUT2D eigenvalue weighted by molar-refractivity contribution is -0.112. The number of Topliss-reactive ketones (excluding diaryl/α,β-unsaturated/α-hetero) is 1. The van der Waals surface area contributed by atoms with Crippen LogP contribution in [0.4, 0.5) is 0 Å². The fourth-order valence-electron chi connectivity index (χ4n) is 2.33. The van der Waals surface area contributed by atoms with Crippen molar-refractivity contribution in [2.75, 3.05) is 0 Å². The normalized spacial score (nSPS) is 19.6. The number of thiophene rings is 2. The molecule has 1 fully saturated rings. The summed E-state index contributed by atoms with van der Waals surface area (Å²) in [5.41, 5.74) is 1.86. The van der Waals surface area contributed by atoms with E-state index in [0.29, 0.717) is 0 Å². The lowest BCUT2D eigenvalue weighted by Gasteiger charge is -2.16. The van der Waals surface area contributed by atoms with Gasteiger partial charge in [0.2, 0.25) is 0 Å². The van der Waals surface area contributed by atoms with Crippen LogP contribution in [0.2, 0.25) is 0 Å². The van der Waals surface area contributed by atoms with Crippen molar-refractivity contribution in [3.63, 3.8) is 0 Å². The second-order valence-corrected chi connectivity index (χ2v) is 8.57. The van der Waals surface area contributed by atoms with Crippen LogP contribution < -0.4 is 0 Å². The summed E-state index contributed by atoms with van der Waals surface area (Å²) in [7, 11) is 0. The molecule has 3 rings (SSSR count). The van der Waals surface area contributed by atoms with Gasteiger partial charge in [-0.3, -0.25) is 4.79 Å². The molecule has 1 aliphatic carbocycles. The van der Waals surface area contributed by atoms with Crippen LogP contribution in [0.25, 0.3) is 12.2 Å². The molecule has 1 nitrogen and oxygen atoms in total. The van der Waals surface area contributed by atoms with Gasteiger partial charge in [0.1, 0.15) is 0 Å². The molecule has 1 aliphatic rings. The molecule has 108 valence electrons. The molecule has 5 heteroatoms. The van der Waals surface area contributed by atoms with Gasteiger partial charge in [0, 0.05) is 40.6 Å². The van der Waals surface area contributed by atoms with Gasteiger partial charge in [0.25, 0.3) is 0 Å². The zero-order valence-corrected chi connectivity index (χ0v) is 15.9. The summed E-state index contributed by atoms with van der Waals surface area (Å²) in [6, 6.07) is 4.11. The van der Waals surface area contributed by atoms with Gasteiger partial charge in [0.15, 0.2) is 5.78 Å². The first-order valence-electron chi connectivity index (χ1n) is 6.56. The second-order valence-electron chi connectivity index (χ2n) is 4.86. The zero-order chi connectivity index (χ0) is 14.8. The average molecular weight is 444 g/mol. The highest BCUT2D eigenvalue weighted by atomic mass is 79.9. The third kappa shape index (κ3) is 3.83. The maximum Gasteiger partial charge on any atom is 0.185 e. The van der Waals surface area contributed by atoms with Crippen LogP contribution >= 0.6 is 54.5 Å². The second kappa shape index (κ2) is 6.73. The van der Waals surface area contributed by atoms with Gasteiger partial charge in [0.05, 0.1) is 0 Å². The molecule has 0 spiro atoms. The van der Waals surface area contributed by atoms with E-state index in [0.717, 1.165) is 49.1 Å². The molecule has 1 saturated carbocycles. The monoisotopic (exact) mass is 442 g/mol. The summed E-state index contributed by atoms with van der Waals surface area (Å²) in [6.45, 7) is 0. The number of allylic oxidation sites excluding steroid dienone is 2. The molecule has 0 N–H and O–H groups in total. The molecular weight excluding hydrogens is 432 g/mol. The van der Waals surface area contributed by atoms with E-state index in [9.17, 15) is 4.79 Å². The van der Waals surface area contributed by atoms with Crippen molar-refractivity contribution in [1.29, 1.82) is 0 Å². The number of hydrogen-bond donors (Lipinski definition) is 0. The van der Waals surface area contributed by atoms with E-state index in [-0.39, 0.29) is 5.78 Å². The molecule has 2 aromatic heterocycles. The van der Waals surface area contributed by atoms with E-state index in [4.69, 9.17) is 0 Å². The van der Waals surface area contributed by atoms with Gasteiger partial charge in [-0.05, 0) is 75.4 Å². The molecule has 0 aromatic carbocycles. The van der Waals surface area contributed by atoms with Crippen LogP contribution in [0.15, 0.2) is 43.0 Å². The predicted molar refractivity (Wildman–Crippen MR) is 98.9 cm³/mol. The largest absolute Gasteiger partial charge is 0.289 e. The maximum atomic E-state index is 12.6. The van der Waals surface area contributed by atoms with Crippen LogP contribution in [0, 0.1) is 0 Å². The van der Waals surface area contributed by atoms with Gasteiger partial charge in [-0.1, -0.05) is 0 Å². The first-order chi connectivity index (χ1) is 10.1. The summed E-state index contributed by atoms with van der Waals surface area (Å²) in [4.78, 5) is 14.9. The standard InChI is InChI=1S/C16H12Br2OS2/c17-12-6-14(20-8-12)4-10-2-1-3-11(16(10)19)5-15-7-13(18)9-21-15/h4-9H,1-3H2. The number of carbonyl (C=O) groups excluding carboxylic acids is 1. The number of halogens is 2. The summed E-state index contributed by atoms with van der Waals surface area (Å²) in [5, 5.41) is 4.08. The highest BCUT2D eigenvalue weighted by molar-refractivity contribution is 9.10. The SMILES string of the molecule is O=C1C(=Cc2cc(Br)cs2)CCCC1=Cc1cc(Br)cs1. The summed E-state index contributed by atoms with van der Waals surface area (Å²) in [5.74, 6) is 0.204. The summed E-state index contributed by atoms with van der Waals surface area (Å²) in [6.07, 6.45) is 6.87. The Labute approximate surface area is 148 Å². The maximum absolute atomic E-state index is 12.6. The van der Waals surface area contributed by atoms with Crippen LogP contribution in [0.5, 0.6) is 0 Å². The van der Waals surface area contributed by atoms with E-state index in [1.165, 1.54) is 0 Å². The van der Waals surface area contributed by atoms with E-state index < -0.39 is 0 Å². The first kappa shape index (κ1) is 15.4. The Morgan fingerprint density at radius 1 is 0.905 bits per heavy atom. The van der Waals surface area contributed by atoms with Crippen LogP contribution in [-0.2, 0) is 4.79 Å². The highest BCUT2D eigenvalue weighted by Gasteiger charge is 2.20. The fraction of sp³-hybridized carbons (Fsp3) is 0.188. The molecule has 2 heterocycles. The van der Waals surface area contributed by atoms with Crippen molar-refractivity contribution >= 4 is 72.5 Å². The molecular formula is C16H12Br2OS2. The zero-order valence-electron chi connectivity index (χ0n) is 11.1. The van der Waals surface area contributed by atoms with Crippen molar-refractivity contribution in [1.82, 2.24) is 0 Å². The van der Waals surface area contributed by atoms with E-state index in [1.54, 1.807) is 22.7 Å². The number of ketones is 1. The average Bonchev–Trinajstić information content (AvgIpc) is 3.03. The molecule has 2 aromatic rings. The minimum absolute atomic E-state index is 0.204. The van der Waals surface area contributed by atoms with Gasteiger partial charge in [-0.2, -0.15) is 0 Å². The molecule has 0 saturated heterocycles. The molecule has 0 atom stereocenters. The fourth-order valence-corrected chi connectivity index (χ4v) is 5.13. The number of hydrogen-bond acceptors (Lipinski definition) is 3. The van der Waals surface area contributed by atoms with Crippen LogP contribution in [-0.4, -0.2) is 5.78 Å². The third-order valence-corrected chi connectivity index (χ3v) is 6.57. The van der Waals surface area contributed by atoms with Gasteiger partial charge in [-0.25, -0.2) is 0 Å². The first-order valence-corrected chi connectivity index (χ1v) is 9.90. The van der Waals surface area contributed by atoms with Crippen molar-refractivity contribution < 1.29 is 4.79 Å². The van der Waals surface area contributed by atoms with Crippen molar-refractivity contribution in [2.45, 2.75) is 19.3 Å². The Hall–Kier alpha value is -0.490. The van der Waals surface area contributed by atoms with Gasteiger partial charge in [-0.15, -0.1) is 22.7 Å². The number of carbonyl (C=O) groups is 1. The summed E-state index contributed by atoms with van der Waals surface area (Å²) < 4.78 is 2.14. The lowest BCUT2D eigenvalue weighted by Crippen LogP contribution is -2.11. The van der Waals surface area contributed by atoms with E-state index >= 15 is 0 Å². The minimum Gasteiger partial charge on any atom is -0.289 e. The van der Waals surface area contributed by atoms with Gasteiger partial charge < -0.3 is 0 Å². The summed E-state index contributed by atoms with van der Waals surface area (Å²) >= 11 is 10.2. The third-order valence-electron chi connectivity index (χ3n) is 3.28. The quantitative estimate of drug-likeness (QED) is 0.480. The van der Waals surface area contributed by atoms with E-state index in [2.05, 4.69) is 44.0 Å². The van der Waals surface area contributed by atoms with Crippen molar-refractivity contribution in [3.05, 3.63) is 52.7 Å². The Morgan fingerprint density at radius 3 is 1.76 bits per heavy atom. The van der Waals surface area contributed by atoms with Crippen LogP contribution in [0.3, 0.4) is 0 Å².